The predicted molar refractivity (Wildman–Crippen MR) is 84.9 cm³/mol. The number of aromatic nitrogens is 3. The van der Waals surface area contributed by atoms with Gasteiger partial charge in [0.25, 0.3) is 0 Å². The van der Waals surface area contributed by atoms with E-state index < -0.39 is 5.82 Å². The summed E-state index contributed by atoms with van der Waals surface area (Å²) in [4.78, 5) is 4.49. The number of hydrogen-bond donors (Lipinski definition) is 1. The molecule has 2 aromatic rings. The van der Waals surface area contributed by atoms with Crippen molar-refractivity contribution in [3.8, 4) is 5.69 Å². The Morgan fingerprint density at radius 3 is 2.77 bits per heavy atom. The fraction of sp³-hybridized carbons (Fsp3) is 0.375. The van der Waals surface area contributed by atoms with Crippen LogP contribution in [0.15, 0.2) is 29.8 Å². The number of nitrogens with zero attached hydrogens (tertiary/aromatic N) is 3. The average Bonchev–Trinajstić information content (AvgIpc) is 2.85. The van der Waals surface area contributed by atoms with E-state index >= 15 is 0 Å². The van der Waals surface area contributed by atoms with Gasteiger partial charge >= 0.3 is 0 Å². The predicted octanol–water partition coefficient (Wildman–Crippen LogP) is 3.49. The Kier molecular flexibility index (Phi) is 5.69. The zero-order valence-electron chi connectivity index (χ0n) is 12.7. The lowest BCUT2D eigenvalue weighted by Crippen LogP contribution is -2.03. The highest BCUT2D eigenvalue weighted by atomic mass is 35.5. The first-order valence-electron chi connectivity index (χ1n) is 7.15. The average molecular weight is 324 g/mol. The van der Waals surface area contributed by atoms with Crippen molar-refractivity contribution < 1.29 is 9.50 Å². The second-order valence-electron chi connectivity index (χ2n) is 5.30. The molecule has 1 heterocycles. The van der Waals surface area contributed by atoms with Crippen LogP contribution >= 0.6 is 11.6 Å². The van der Waals surface area contributed by atoms with Gasteiger partial charge in [0.15, 0.2) is 5.82 Å². The Morgan fingerprint density at radius 1 is 1.36 bits per heavy atom. The van der Waals surface area contributed by atoms with Crippen LogP contribution in [0, 0.1) is 5.82 Å². The molecule has 4 nitrogen and oxygen atoms in total. The summed E-state index contributed by atoms with van der Waals surface area (Å²) in [6.07, 6.45) is 3.81. The maximum Gasteiger partial charge on any atom is 0.151 e. The van der Waals surface area contributed by atoms with E-state index in [1.807, 2.05) is 19.9 Å². The van der Waals surface area contributed by atoms with Crippen molar-refractivity contribution in [3.63, 3.8) is 0 Å². The fourth-order valence-corrected chi connectivity index (χ4v) is 2.25. The quantitative estimate of drug-likeness (QED) is 0.828. The molecule has 6 heteroatoms. The summed E-state index contributed by atoms with van der Waals surface area (Å²) in [5.41, 5.74) is 1.72. The van der Waals surface area contributed by atoms with Crippen LogP contribution in [-0.4, -0.2) is 26.5 Å². The maximum absolute atomic E-state index is 13.6. The van der Waals surface area contributed by atoms with E-state index in [9.17, 15) is 4.39 Å². The van der Waals surface area contributed by atoms with Crippen molar-refractivity contribution >= 4 is 11.6 Å². The van der Waals surface area contributed by atoms with Gasteiger partial charge in [-0.15, -0.1) is 0 Å². The minimum absolute atomic E-state index is 0.0869. The third-order valence-electron chi connectivity index (χ3n) is 3.06. The van der Waals surface area contributed by atoms with Gasteiger partial charge in [0, 0.05) is 24.5 Å². The van der Waals surface area contributed by atoms with E-state index in [-0.39, 0.29) is 6.61 Å². The van der Waals surface area contributed by atoms with E-state index in [2.05, 4.69) is 10.1 Å². The van der Waals surface area contributed by atoms with E-state index in [4.69, 9.17) is 16.7 Å². The summed E-state index contributed by atoms with van der Waals surface area (Å²) < 4.78 is 15.2. The minimum atomic E-state index is -0.414. The summed E-state index contributed by atoms with van der Waals surface area (Å²) in [5, 5.41) is 13.7. The number of aryl methyl sites for hydroxylation is 1. The largest absolute Gasteiger partial charge is 0.396 e. The van der Waals surface area contributed by atoms with Crippen molar-refractivity contribution in [1.82, 2.24) is 14.8 Å². The summed E-state index contributed by atoms with van der Waals surface area (Å²) in [6.45, 7) is 4.10. The van der Waals surface area contributed by atoms with Crippen molar-refractivity contribution in [2.24, 2.45) is 0 Å². The normalized spacial score (nSPS) is 10.8. The molecule has 0 fully saturated rings. The van der Waals surface area contributed by atoms with Crippen LogP contribution in [0.1, 0.15) is 31.9 Å². The van der Waals surface area contributed by atoms with Crippen molar-refractivity contribution in [1.29, 1.82) is 0 Å². The molecular weight excluding hydrogens is 305 g/mol. The fourth-order valence-electron chi connectivity index (χ4n) is 2.03. The Balaban J connectivity index is 2.42. The van der Waals surface area contributed by atoms with Crippen LogP contribution in [0.3, 0.4) is 0 Å². The van der Waals surface area contributed by atoms with Gasteiger partial charge in [-0.25, -0.2) is 14.1 Å². The van der Waals surface area contributed by atoms with Crippen LogP contribution < -0.4 is 0 Å². The molecule has 0 aliphatic carbocycles. The number of rotatable bonds is 6. The maximum atomic E-state index is 13.6. The van der Waals surface area contributed by atoms with Crippen LogP contribution in [0.2, 0.25) is 5.02 Å². The van der Waals surface area contributed by atoms with Gasteiger partial charge in [-0.1, -0.05) is 23.3 Å². The summed E-state index contributed by atoms with van der Waals surface area (Å²) in [6, 6.07) is 4.29. The van der Waals surface area contributed by atoms with Gasteiger partial charge in [-0.05, 0) is 38.5 Å². The molecule has 0 radical (unpaired) electrons. The van der Waals surface area contributed by atoms with Crippen LogP contribution in [-0.2, 0) is 12.8 Å². The Hall–Kier alpha value is -1.72. The lowest BCUT2D eigenvalue weighted by molar-refractivity contribution is 0.287. The topological polar surface area (TPSA) is 50.9 Å². The summed E-state index contributed by atoms with van der Waals surface area (Å²) in [5.74, 6) is 0.936. The zero-order valence-corrected chi connectivity index (χ0v) is 13.4. The molecule has 0 saturated carbocycles. The van der Waals surface area contributed by atoms with Crippen molar-refractivity contribution in [2.75, 3.05) is 6.61 Å². The first-order valence-corrected chi connectivity index (χ1v) is 7.53. The smallest absolute Gasteiger partial charge is 0.151 e. The van der Waals surface area contributed by atoms with E-state index in [1.165, 1.54) is 17.7 Å². The van der Waals surface area contributed by atoms with Gasteiger partial charge in [0.2, 0.25) is 0 Å². The SMILES string of the molecule is CC(C)=CCc1nc(CCCO)nn1-c1cc(F)cc(Cl)c1. The number of aliphatic hydroxyl groups excluding tert-OH is 1. The molecule has 0 amide bonds. The molecule has 0 spiro atoms. The first-order chi connectivity index (χ1) is 10.5. The Morgan fingerprint density at radius 2 is 2.14 bits per heavy atom. The number of benzene rings is 1. The standard InChI is InChI=1S/C16H19ClFN3O/c1-11(2)5-6-16-19-15(4-3-7-22)20-21(16)14-9-12(17)8-13(18)10-14/h5,8-10,22H,3-4,6-7H2,1-2H3. The molecule has 0 atom stereocenters. The molecule has 0 saturated heterocycles. The molecule has 1 aromatic carbocycles. The molecule has 0 bridgehead atoms. The van der Waals surface area contributed by atoms with E-state index in [0.717, 1.165) is 5.82 Å². The molecule has 1 N–H and O–H groups in total. The molecular formula is C16H19ClFN3O. The highest BCUT2D eigenvalue weighted by Crippen LogP contribution is 2.19. The molecule has 0 aliphatic rings. The zero-order chi connectivity index (χ0) is 16.1. The lowest BCUT2D eigenvalue weighted by Gasteiger charge is -2.05. The van der Waals surface area contributed by atoms with Gasteiger partial charge in [0.05, 0.1) is 5.69 Å². The van der Waals surface area contributed by atoms with Crippen molar-refractivity contribution in [3.05, 3.63) is 52.3 Å². The summed E-state index contributed by atoms with van der Waals surface area (Å²) >= 11 is 5.92. The number of hydrogen-bond acceptors (Lipinski definition) is 3. The molecule has 0 unspecified atom stereocenters. The molecule has 118 valence electrons. The van der Waals surface area contributed by atoms with Gasteiger partial charge in [-0.3, -0.25) is 0 Å². The highest BCUT2D eigenvalue weighted by molar-refractivity contribution is 6.30. The minimum Gasteiger partial charge on any atom is -0.396 e. The van der Waals surface area contributed by atoms with E-state index in [1.54, 1.807) is 10.7 Å². The number of allylic oxidation sites excluding steroid dienone is 2. The highest BCUT2D eigenvalue weighted by Gasteiger charge is 2.12. The molecule has 22 heavy (non-hydrogen) atoms. The number of aliphatic hydroxyl groups is 1. The van der Waals surface area contributed by atoms with Crippen LogP contribution in [0.25, 0.3) is 5.69 Å². The third kappa shape index (κ3) is 4.39. The monoisotopic (exact) mass is 323 g/mol. The Bertz CT molecular complexity index is 658. The van der Waals surface area contributed by atoms with Gasteiger partial charge < -0.3 is 5.11 Å². The lowest BCUT2D eigenvalue weighted by atomic mass is 10.2. The van der Waals surface area contributed by atoms with E-state index in [0.29, 0.717) is 35.8 Å². The van der Waals surface area contributed by atoms with Gasteiger partial charge in [-0.2, -0.15) is 5.10 Å². The number of halogens is 2. The molecule has 0 aliphatic heterocycles. The summed E-state index contributed by atoms with van der Waals surface area (Å²) in [7, 11) is 0. The second kappa shape index (κ2) is 7.51. The van der Waals surface area contributed by atoms with Crippen LogP contribution in [0.5, 0.6) is 0 Å². The Labute approximate surface area is 134 Å². The molecule has 2 rings (SSSR count). The first kappa shape index (κ1) is 16.6. The van der Waals surface area contributed by atoms with Crippen LogP contribution in [0.4, 0.5) is 4.39 Å². The molecule has 1 aromatic heterocycles. The second-order valence-corrected chi connectivity index (χ2v) is 5.73. The third-order valence-corrected chi connectivity index (χ3v) is 3.28. The van der Waals surface area contributed by atoms with Crippen molar-refractivity contribution in [2.45, 2.75) is 33.1 Å². The van der Waals surface area contributed by atoms with Gasteiger partial charge in [0.1, 0.15) is 11.6 Å².